The summed E-state index contributed by atoms with van der Waals surface area (Å²) < 4.78 is 0. The lowest BCUT2D eigenvalue weighted by Gasteiger charge is -2.23. The fourth-order valence-corrected chi connectivity index (χ4v) is 3.09. The van der Waals surface area contributed by atoms with Gasteiger partial charge in [0.15, 0.2) is 0 Å². The Morgan fingerprint density at radius 2 is 2.33 bits per heavy atom. The van der Waals surface area contributed by atoms with Crippen molar-refractivity contribution in [1.29, 1.82) is 0 Å². The molecule has 2 fully saturated rings. The van der Waals surface area contributed by atoms with E-state index >= 15 is 0 Å². The number of hydrogen-bond acceptors (Lipinski definition) is 2. The van der Waals surface area contributed by atoms with Crippen molar-refractivity contribution in [3.8, 4) is 0 Å². The SMILES string of the molecule is C1C[C@H]2CCSC[C@@H]2N1. The zero-order valence-corrected chi connectivity index (χ0v) is 6.41. The fourth-order valence-electron chi connectivity index (χ4n) is 1.81. The van der Waals surface area contributed by atoms with Gasteiger partial charge in [0.25, 0.3) is 0 Å². The molecule has 2 heteroatoms. The second-order valence-corrected chi connectivity index (χ2v) is 4.12. The van der Waals surface area contributed by atoms with Crippen LogP contribution in [0.4, 0.5) is 0 Å². The van der Waals surface area contributed by atoms with E-state index in [1.807, 2.05) is 0 Å². The zero-order chi connectivity index (χ0) is 6.10. The Balaban J connectivity index is 1.97. The molecule has 0 aromatic rings. The molecule has 0 amide bonds. The molecule has 0 aliphatic carbocycles. The van der Waals surface area contributed by atoms with E-state index in [1.165, 1.54) is 30.9 Å². The fraction of sp³-hybridized carbons (Fsp3) is 1.00. The molecule has 0 aromatic heterocycles. The molecule has 1 N–H and O–H groups in total. The molecular formula is C7H13NS. The molecule has 9 heavy (non-hydrogen) atoms. The van der Waals surface area contributed by atoms with Crippen LogP contribution in [0, 0.1) is 5.92 Å². The van der Waals surface area contributed by atoms with Crippen LogP contribution in [0.5, 0.6) is 0 Å². The summed E-state index contributed by atoms with van der Waals surface area (Å²) in [6.45, 7) is 1.27. The predicted octanol–water partition coefficient (Wildman–Crippen LogP) is 1.10. The van der Waals surface area contributed by atoms with Gasteiger partial charge in [-0.15, -0.1) is 0 Å². The Morgan fingerprint density at radius 3 is 3.22 bits per heavy atom. The van der Waals surface area contributed by atoms with Gasteiger partial charge in [0, 0.05) is 11.8 Å². The molecule has 2 atom stereocenters. The quantitative estimate of drug-likeness (QED) is 0.545. The minimum atomic E-state index is 0.878. The van der Waals surface area contributed by atoms with Gasteiger partial charge in [-0.2, -0.15) is 11.8 Å². The van der Waals surface area contributed by atoms with E-state index in [0.29, 0.717) is 0 Å². The van der Waals surface area contributed by atoms with Crippen LogP contribution in [0.3, 0.4) is 0 Å². The van der Waals surface area contributed by atoms with Crippen LogP contribution >= 0.6 is 11.8 Å². The normalized spacial score (nSPS) is 42.7. The molecule has 0 unspecified atom stereocenters. The molecule has 2 saturated heterocycles. The Morgan fingerprint density at radius 1 is 1.33 bits per heavy atom. The smallest absolute Gasteiger partial charge is 0.0187 e. The Kier molecular flexibility index (Phi) is 1.68. The van der Waals surface area contributed by atoms with E-state index < -0.39 is 0 Å². The van der Waals surface area contributed by atoms with Crippen molar-refractivity contribution in [1.82, 2.24) is 5.32 Å². The third kappa shape index (κ3) is 1.10. The molecule has 0 radical (unpaired) electrons. The average Bonchev–Trinajstić information content (AvgIpc) is 2.33. The van der Waals surface area contributed by atoms with E-state index in [-0.39, 0.29) is 0 Å². The first-order valence-electron chi connectivity index (χ1n) is 3.78. The lowest BCUT2D eigenvalue weighted by molar-refractivity contribution is 0.460. The summed E-state index contributed by atoms with van der Waals surface area (Å²) in [4.78, 5) is 0. The second-order valence-electron chi connectivity index (χ2n) is 2.97. The summed E-state index contributed by atoms with van der Waals surface area (Å²) >= 11 is 2.11. The van der Waals surface area contributed by atoms with E-state index in [1.54, 1.807) is 0 Å². The van der Waals surface area contributed by atoms with E-state index in [4.69, 9.17) is 0 Å². The summed E-state index contributed by atoms with van der Waals surface area (Å²) in [5.74, 6) is 3.80. The average molecular weight is 143 g/mol. The van der Waals surface area contributed by atoms with Gasteiger partial charge in [0.2, 0.25) is 0 Å². The highest BCUT2D eigenvalue weighted by molar-refractivity contribution is 7.99. The molecule has 0 spiro atoms. The van der Waals surface area contributed by atoms with Gasteiger partial charge in [0.05, 0.1) is 0 Å². The van der Waals surface area contributed by atoms with Crippen LogP contribution in [0.15, 0.2) is 0 Å². The van der Waals surface area contributed by atoms with Gasteiger partial charge in [-0.05, 0) is 31.1 Å². The maximum Gasteiger partial charge on any atom is 0.0187 e. The van der Waals surface area contributed by atoms with Crippen molar-refractivity contribution < 1.29 is 0 Å². The Hall–Kier alpha value is 0.310. The molecule has 0 bridgehead atoms. The summed E-state index contributed by atoms with van der Waals surface area (Å²) in [7, 11) is 0. The molecule has 1 nitrogen and oxygen atoms in total. The number of nitrogens with one attached hydrogen (secondary N) is 1. The first-order chi connectivity index (χ1) is 4.47. The molecular weight excluding hydrogens is 130 g/mol. The first kappa shape index (κ1) is 6.05. The van der Waals surface area contributed by atoms with E-state index in [9.17, 15) is 0 Å². The van der Waals surface area contributed by atoms with Crippen LogP contribution in [-0.2, 0) is 0 Å². The lowest BCUT2D eigenvalue weighted by Crippen LogP contribution is -2.32. The van der Waals surface area contributed by atoms with Gasteiger partial charge in [-0.25, -0.2) is 0 Å². The Bertz CT molecular complexity index is 93.1. The van der Waals surface area contributed by atoms with E-state index in [2.05, 4.69) is 17.1 Å². The van der Waals surface area contributed by atoms with Crippen molar-refractivity contribution in [3.05, 3.63) is 0 Å². The predicted molar refractivity (Wildman–Crippen MR) is 41.8 cm³/mol. The highest BCUT2D eigenvalue weighted by atomic mass is 32.2. The van der Waals surface area contributed by atoms with Crippen LogP contribution in [0.25, 0.3) is 0 Å². The van der Waals surface area contributed by atoms with Crippen molar-refractivity contribution in [2.75, 3.05) is 18.1 Å². The molecule has 0 aromatic carbocycles. The van der Waals surface area contributed by atoms with Gasteiger partial charge in [0.1, 0.15) is 0 Å². The van der Waals surface area contributed by atoms with Crippen LogP contribution in [0.1, 0.15) is 12.8 Å². The minimum absolute atomic E-state index is 0.878. The third-order valence-electron chi connectivity index (χ3n) is 2.42. The van der Waals surface area contributed by atoms with Crippen LogP contribution in [0.2, 0.25) is 0 Å². The number of rotatable bonds is 0. The topological polar surface area (TPSA) is 12.0 Å². The summed E-state index contributed by atoms with van der Waals surface area (Å²) in [5, 5.41) is 3.54. The Labute approximate surface area is 60.6 Å². The molecule has 2 rings (SSSR count). The largest absolute Gasteiger partial charge is 0.313 e. The number of fused-ring (bicyclic) bond motifs is 1. The van der Waals surface area contributed by atoms with Gasteiger partial charge in [-0.3, -0.25) is 0 Å². The molecule has 2 aliphatic heterocycles. The number of thioether (sulfide) groups is 1. The molecule has 2 aliphatic rings. The van der Waals surface area contributed by atoms with Crippen molar-refractivity contribution in [2.45, 2.75) is 18.9 Å². The van der Waals surface area contributed by atoms with E-state index in [0.717, 1.165) is 12.0 Å². The number of hydrogen-bond donors (Lipinski definition) is 1. The zero-order valence-electron chi connectivity index (χ0n) is 5.60. The molecule has 0 saturated carbocycles. The molecule has 2 heterocycles. The monoisotopic (exact) mass is 143 g/mol. The minimum Gasteiger partial charge on any atom is -0.313 e. The van der Waals surface area contributed by atoms with Crippen molar-refractivity contribution >= 4 is 11.8 Å². The third-order valence-corrected chi connectivity index (χ3v) is 3.54. The highest BCUT2D eigenvalue weighted by Crippen LogP contribution is 2.28. The van der Waals surface area contributed by atoms with Gasteiger partial charge in [-0.1, -0.05) is 0 Å². The highest BCUT2D eigenvalue weighted by Gasteiger charge is 2.28. The summed E-state index contributed by atoms with van der Waals surface area (Å²) in [6, 6.07) is 0.878. The van der Waals surface area contributed by atoms with Crippen molar-refractivity contribution in [3.63, 3.8) is 0 Å². The van der Waals surface area contributed by atoms with Crippen LogP contribution in [-0.4, -0.2) is 24.1 Å². The van der Waals surface area contributed by atoms with Gasteiger partial charge >= 0.3 is 0 Å². The van der Waals surface area contributed by atoms with Gasteiger partial charge < -0.3 is 5.32 Å². The van der Waals surface area contributed by atoms with Crippen molar-refractivity contribution in [2.24, 2.45) is 5.92 Å². The molecule has 52 valence electrons. The second kappa shape index (κ2) is 2.51. The summed E-state index contributed by atoms with van der Waals surface area (Å²) in [6.07, 6.45) is 2.90. The maximum absolute atomic E-state index is 3.54. The standard InChI is InChI=1S/C7H13NS/c1-3-8-7-5-9-4-2-6(1)7/h6-8H,1-5H2/t6-,7-/m0/s1. The van der Waals surface area contributed by atoms with Crippen LogP contribution < -0.4 is 5.32 Å². The summed E-state index contributed by atoms with van der Waals surface area (Å²) in [5.41, 5.74) is 0. The lowest BCUT2D eigenvalue weighted by atomic mass is 9.99. The first-order valence-corrected chi connectivity index (χ1v) is 4.93. The maximum atomic E-state index is 3.54.